The van der Waals surface area contributed by atoms with Crippen LogP contribution in [0.2, 0.25) is 0 Å². The summed E-state index contributed by atoms with van der Waals surface area (Å²) in [4.78, 5) is 38.0. The van der Waals surface area contributed by atoms with Gasteiger partial charge in [-0.25, -0.2) is 4.79 Å². The van der Waals surface area contributed by atoms with Gasteiger partial charge < -0.3 is 13.8 Å². The van der Waals surface area contributed by atoms with Crippen molar-refractivity contribution in [3.05, 3.63) is 106 Å². The number of para-hydroxylation sites is 1. The van der Waals surface area contributed by atoms with E-state index in [9.17, 15) is 19.7 Å². The van der Waals surface area contributed by atoms with Gasteiger partial charge in [0.2, 0.25) is 5.55 Å². The maximum Gasteiger partial charge on any atom is 0.361 e. The van der Waals surface area contributed by atoms with E-state index in [4.69, 9.17) is 8.83 Å². The van der Waals surface area contributed by atoms with Crippen LogP contribution in [0.3, 0.4) is 0 Å². The fourth-order valence-electron chi connectivity index (χ4n) is 2.87. The van der Waals surface area contributed by atoms with Crippen molar-refractivity contribution in [2.24, 2.45) is 0 Å². The molecule has 28 heavy (non-hydrogen) atoms. The average Bonchev–Trinajstić information content (AvgIpc) is 3.04. The molecule has 0 amide bonds. The number of aromatic nitrogens is 1. The highest BCUT2D eigenvalue weighted by molar-refractivity contribution is 5.78. The Balaban J connectivity index is 2.01. The van der Waals surface area contributed by atoms with Gasteiger partial charge in [-0.15, -0.1) is 0 Å². The molecule has 8 heteroatoms. The standard InChI is InChI=1S/C20H12N2O6/c1-11-13(6-4-7-16(11)22(25)26)19-21-15(20(24)28-19)9-12-10-27-17-8-3-2-5-14(17)18(12)23/h2-10,21H,1H2/b15-9+,19-13?. The topological polar surface area (TPSA) is 119 Å². The highest BCUT2D eigenvalue weighted by Gasteiger charge is 2.09. The largest absolute Gasteiger partial charge is 0.463 e. The molecule has 8 nitrogen and oxygen atoms in total. The number of H-pyrrole nitrogens is 1. The van der Waals surface area contributed by atoms with E-state index in [0.29, 0.717) is 11.0 Å². The second kappa shape index (κ2) is 6.51. The predicted molar refractivity (Wildman–Crippen MR) is 101 cm³/mol. The number of nitro benzene ring substituents is 1. The minimum Gasteiger partial charge on any atom is -0.463 e. The van der Waals surface area contributed by atoms with Crippen LogP contribution in [0.4, 0.5) is 5.69 Å². The minimum atomic E-state index is -0.728. The van der Waals surface area contributed by atoms with Crippen LogP contribution in [0.25, 0.3) is 23.6 Å². The van der Waals surface area contributed by atoms with Gasteiger partial charge in [-0.05, 0) is 24.3 Å². The van der Waals surface area contributed by atoms with Gasteiger partial charge in [-0.3, -0.25) is 14.9 Å². The van der Waals surface area contributed by atoms with Crippen LogP contribution in [0.15, 0.2) is 67.2 Å². The van der Waals surface area contributed by atoms with Crippen LogP contribution in [-0.4, -0.2) is 9.91 Å². The number of rotatable bonds is 2. The predicted octanol–water partition coefficient (Wildman–Crippen LogP) is 1.51. The lowest BCUT2D eigenvalue weighted by Gasteiger charge is -1.96. The second-order valence-corrected chi connectivity index (χ2v) is 5.98. The fourth-order valence-corrected chi connectivity index (χ4v) is 2.87. The molecule has 4 aromatic rings. The molecule has 4 rings (SSSR count). The normalized spacial score (nSPS) is 13.1. The van der Waals surface area contributed by atoms with E-state index in [1.54, 1.807) is 24.3 Å². The van der Waals surface area contributed by atoms with Crippen LogP contribution in [-0.2, 0) is 0 Å². The van der Waals surface area contributed by atoms with Gasteiger partial charge in [-0.1, -0.05) is 24.8 Å². The number of hydrogen-bond donors (Lipinski definition) is 1. The van der Waals surface area contributed by atoms with Crippen LogP contribution < -0.4 is 21.6 Å². The third kappa shape index (κ3) is 2.82. The van der Waals surface area contributed by atoms with Gasteiger partial charge in [0.1, 0.15) is 17.2 Å². The second-order valence-electron chi connectivity index (χ2n) is 5.98. The Morgan fingerprint density at radius 1 is 1.11 bits per heavy atom. The lowest BCUT2D eigenvalue weighted by Crippen LogP contribution is -2.22. The van der Waals surface area contributed by atoms with E-state index < -0.39 is 10.5 Å². The molecule has 138 valence electrons. The first kappa shape index (κ1) is 17.2. The molecule has 2 aromatic heterocycles. The third-order valence-electron chi connectivity index (χ3n) is 4.26. The van der Waals surface area contributed by atoms with Gasteiger partial charge in [-0.2, -0.15) is 0 Å². The van der Waals surface area contributed by atoms with E-state index >= 15 is 0 Å². The molecule has 0 spiro atoms. The number of fused-ring (bicyclic) bond motifs is 1. The van der Waals surface area contributed by atoms with Crippen molar-refractivity contribution in [2.75, 3.05) is 0 Å². The molecule has 0 aliphatic rings. The van der Waals surface area contributed by atoms with Gasteiger partial charge in [0.25, 0.3) is 5.69 Å². The molecule has 0 aliphatic heterocycles. The Hall–Kier alpha value is -4.20. The maximum atomic E-state index is 12.6. The van der Waals surface area contributed by atoms with Crippen LogP contribution in [0.1, 0.15) is 5.56 Å². The first-order valence-electron chi connectivity index (χ1n) is 8.14. The summed E-state index contributed by atoms with van der Waals surface area (Å²) in [6, 6.07) is 11.1. The highest BCUT2D eigenvalue weighted by atomic mass is 16.6. The molecule has 0 atom stereocenters. The summed E-state index contributed by atoms with van der Waals surface area (Å²) in [5.41, 5.74) is -0.625. The number of aromatic amines is 1. The Bertz CT molecular complexity index is 1560. The third-order valence-corrected chi connectivity index (χ3v) is 4.26. The molecule has 2 heterocycles. The zero-order valence-corrected chi connectivity index (χ0v) is 14.3. The smallest absolute Gasteiger partial charge is 0.361 e. The van der Waals surface area contributed by atoms with Gasteiger partial charge >= 0.3 is 5.63 Å². The summed E-state index contributed by atoms with van der Waals surface area (Å²) in [5.74, 6) is 0. The van der Waals surface area contributed by atoms with Crippen molar-refractivity contribution < 1.29 is 13.8 Å². The van der Waals surface area contributed by atoms with Crippen LogP contribution in [0.5, 0.6) is 0 Å². The van der Waals surface area contributed by atoms with Gasteiger partial charge in [0.15, 0.2) is 5.43 Å². The lowest BCUT2D eigenvalue weighted by atomic mass is 10.1. The van der Waals surface area contributed by atoms with Crippen molar-refractivity contribution in [1.29, 1.82) is 0 Å². The zero-order valence-electron chi connectivity index (χ0n) is 14.3. The van der Waals surface area contributed by atoms with Crippen molar-refractivity contribution >= 4 is 29.3 Å². The molecule has 0 aliphatic carbocycles. The van der Waals surface area contributed by atoms with Crippen LogP contribution >= 0.6 is 0 Å². The number of benzene rings is 2. The summed E-state index contributed by atoms with van der Waals surface area (Å²) in [6.07, 6.45) is 2.57. The summed E-state index contributed by atoms with van der Waals surface area (Å²) in [5, 5.41) is 11.8. The van der Waals surface area contributed by atoms with E-state index in [1.807, 2.05) is 0 Å². The number of nitrogens with zero attached hydrogens (tertiary/aromatic N) is 1. The Morgan fingerprint density at radius 3 is 2.68 bits per heavy atom. The number of nitro groups is 1. The quantitative estimate of drug-likeness (QED) is 0.418. The van der Waals surface area contributed by atoms with E-state index in [1.165, 1.54) is 30.5 Å². The number of non-ortho nitro benzene ring substituents is 1. The molecule has 0 saturated carbocycles. The van der Waals surface area contributed by atoms with Crippen molar-refractivity contribution in [2.45, 2.75) is 0 Å². The molecule has 0 radical (unpaired) electrons. The monoisotopic (exact) mass is 376 g/mol. The molecule has 0 saturated heterocycles. The summed E-state index contributed by atoms with van der Waals surface area (Å²) in [7, 11) is 0. The molecular weight excluding hydrogens is 364 g/mol. The zero-order chi connectivity index (χ0) is 19.8. The van der Waals surface area contributed by atoms with E-state index in [-0.39, 0.29) is 38.0 Å². The Labute approximate surface area is 155 Å². The summed E-state index contributed by atoms with van der Waals surface area (Å²) in [6.45, 7) is 3.69. The number of hydrogen-bond acceptors (Lipinski definition) is 6. The Morgan fingerprint density at radius 2 is 1.89 bits per heavy atom. The van der Waals surface area contributed by atoms with Crippen LogP contribution in [0, 0.1) is 20.9 Å². The molecule has 0 unspecified atom stereocenters. The lowest BCUT2D eigenvalue weighted by molar-refractivity contribution is -0.385. The minimum absolute atomic E-state index is 0.00323. The molecule has 0 bridgehead atoms. The maximum absolute atomic E-state index is 12.6. The molecule has 1 N–H and O–H groups in total. The fraction of sp³-hybridized carbons (Fsp3) is 0. The SMILES string of the molecule is C=c1c([N+](=O)[O-])cccc1=c1[nH]/c(=C/c2coc3ccccc3c2=O)c(=O)o1. The van der Waals surface area contributed by atoms with Gasteiger partial charge in [0.05, 0.1) is 21.1 Å². The molecule has 0 fully saturated rings. The van der Waals surface area contributed by atoms with E-state index in [0.717, 1.165) is 0 Å². The highest BCUT2D eigenvalue weighted by Crippen LogP contribution is 2.10. The van der Waals surface area contributed by atoms with Gasteiger partial charge in [0, 0.05) is 11.3 Å². The van der Waals surface area contributed by atoms with Crippen molar-refractivity contribution in [3.8, 4) is 0 Å². The summed E-state index contributed by atoms with van der Waals surface area (Å²) < 4.78 is 10.6. The van der Waals surface area contributed by atoms with Crippen molar-refractivity contribution in [1.82, 2.24) is 4.98 Å². The van der Waals surface area contributed by atoms with Crippen molar-refractivity contribution in [3.63, 3.8) is 0 Å². The molecule has 2 aromatic carbocycles. The Kier molecular flexibility index (Phi) is 4.00. The number of oxazole rings is 1. The van der Waals surface area contributed by atoms with E-state index in [2.05, 4.69) is 11.6 Å². The first-order valence-corrected chi connectivity index (χ1v) is 8.14. The summed E-state index contributed by atoms with van der Waals surface area (Å²) >= 11 is 0. The first-order chi connectivity index (χ1) is 13.5. The number of nitrogens with one attached hydrogen (secondary N) is 1. The molecular formula is C20H12N2O6. The average molecular weight is 376 g/mol.